The Morgan fingerprint density at radius 3 is 2.70 bits per heavy atom. The molecule has 2 N–H and O–H groups in total. The Morgan fingerprint density at radius 2 is 2.10 bits per heavy atom. The summed E-state index contributed by atoms with van der Waals surface area (Å²) >= 11 is 0. The normalized spacial score (nSPS) is 13.2. The van der Waals surface area contributed by atoms with Gasteiger partial charge in [0.25, 0.3) is 0 Å². The van der Waals surface area contributed by atoms with Crippen molar-refractivity contribution in [2.75, 3.05) is 23.9 Å². The quantitative estimate of drug-likeness (QED) is 0.759. The lowest BCUT2D eigenvalue weighted by Crippen LogP contribution is -2.35. The Labute approximate surface area is 123 Å². The zero-order chi connectivity index (χ0) is 15.2. The van der Waals surface area contributed by atoms with Gasteiger partial charge in [0, 0.05) is 53.2 Å². The van der Waals surface area contributed by atoms with E-state index in [0.29, 0.717) is 24.4 Å². The van der Waals surface area contributed by atoms with E-state index in [1.165, 1.54) is 0 Å². The topological polar surface area (TPSA) is 54.0 Å². The van der Waals surface area contributed by atoms with Gasteiger partial charge < -0.3 is 10.6 Å². The molecule has 0 aliphatic carbocycles. The summed E-state index contributed by atoms with van der Waals surface area (Å²) in [6.07, 6.45) is 4.00. The van der Waals surface area contributed by atoms with Crippen LogP contribution in [0.3, 0.4) is 0 Å². The lowest BCUT2D eigenvalue weighted by Gasteiger charge is -2.21. The molecule has 0 spiro atoms. The van der Waals surface area contributed by atoms with Crippen LogP contribution in [0.15, 0.2) is 12.3 Å². The molecular weight excluding hydrogens is 277 g/mol. The summed E-state index contributed by atoms with van der Waals surface area (Å²) in [4.78, 5) is 4.01. The maximum atomic E-state index is 14.2. The van der Waals surface area contributed by atoms with Crippen LogP contribution in [-0.4, -0.2) is 33.3 Å². The molecule has 0 aromatic carbocycles. The number of hydrogen-bond donors (Lipinski definition) is 2. The van der Waals surface area contributed by atoms with Crippen molar-refractivity contribution >= 4 is 16.6 Å². The molecule has 0 radical (unpaired) electrons. The van der Waals surface area contributed by atoms with E-state index in [9.17, 15) is 8.60 Å². The van der Waals surface area contributed by atoms with Crippen molar-refractivity contribution in [3.63, 3.8) is 0 Å². The van der Waals surface area contributed by atoms with Crippen LogP contribution in [0.1, 0.15) is 32.8 Å². The molecule has 1 aromatic heterocycles. The Hall–Kier alpha value is -1.01. The molecule has 1 unspecified atom stereocenters. The molecule has 114 valence electrons. The van der Waals surface area contributed by atoms with Crippen LogP contribution < -0.4 is 10.6 Å². The minimum absolute atomic E-state index is 0.0610. The number of pyridine rings is 1. The number of nitrogens with zero attached hydrogens (tertiary/aromatic N) is 1. The Kier molecular flexibility index (Phi) is 6.55. The second kappa shape index (κ2) is 7.69. The Balaban J connectivity index is 2.58. The molecule has 20 heavy (non-hydrogen) atoms. The van der Waals surface area contributed by atoms with Crippen molar-refractivity contribution in [1.29, 1.82) is 0 Å². The van der Waals surface area contributed by atoms with Crippen LogP contribution in [-0.2, 0) is 17.3 Å². The highest BCUT2D eigenvalue weighted by molar-refractivity contribution is 7.84. The fraction of sp³-hybridized carbons (Fsp3) is 0.643. The molecule has 0 saturated carbocycles. The van der Waals surface area contributed by atoms with Gasteiger partial charge in [0.05, 0.1) is 0 Å². The van der Waals surface area contributed by atoms with Crippen molar-refractivity contribution in [2.24, 2.45) is 0 Å². The predicted molar refractivity (Wildman–Crippen MR) is 82.8 cm³/mol. The molecule has 1 atom stereocenters. The summed E-state index contributed by atoms with van der Waals surface area (Å²) in [5, 5.41) is 6.21. The summed E-state index contributed by atoms with van der Waals surface area (Å²) in [5.41, 5.74) is 0.533. The van der Waals surface area contributed by atoms with Crippen LogP contribution in [0.4, 0.5) is 10.2 Å². The van der Waals surface area contributed by atoms with E-state index < -0.39 is 10.8 Å². The summed E-state index contributed by atoms with van der Waals surface area (Å²) < 4.78 is 25.1. The Morgan fingerprint density at radius 1 is 1.40 bits per heavy atom. The number of hydrogen-bond acceptors (Lipinski definition) is 4. The van der Waals surface area contributed by atoms with Gasteiger partial charge in [-0.25, -0.2) is 9.37 Å². The summed E-state index contributed by atoms with van der Waals surface area (Å²) in [7, 11) is -0.810. The lowest BCUT2D eigenvalue weighted by atomic mass is 10.1. The van der Waals surface area contributed by atoms with E-state index in [1.807, 2.05) is 20.8 Å². The molecular formula is C14H24FN3OS. The van der Waals surface area contributed by atoms with Crippen LogP contribution in [0.25, 0.3) is 0 Å². The van der Waals surface area contributed by atoms with Gasteiger partial charge in [-0.3, -0.25) is 4.21 Å². The van der Waals surface area contributed by atoms with Gasteiger partial charge in [-0.1, -0.05) is 0 Å². The number of nitrogens with one attached hydrogen (secondary N) is 2. The third-order valence-electron chi connectivity index (χ3n) is 2.68. The second-order valence-electron chi connectivity index (χ2n) is 5.79. The van der Waals surface area contributed by atoms with Gasteiger partial charge >= 0.3 is 0 Å². The third kappa shape index (κ3) is 6.43. The smallest absolute Gasteiger partial charge is 0.169 e. The van der Waals surface area contributed by atoms with Gasteiger partial charge in [0.1, 0.15) is 0 Å². The minimum Gasteiger partial charge on any atom is -0.368 e. The molecule has 0 bridgehead atoms. The number of rotatable bonds is 7. The van der Waals surface area contributed by atoms with Gasteiger partial charge in [-0.05, 0) is 33.3 Å². The monoisotopic (exact) mass is 301 g/mol. The van der Waals surface area contributed by atoms with Crippen molar-refractivity contribution < 1.29 is 8.60 Å². The Bertz CT molecular complexity index is 460. The zero-order valence-corrected chi connectivity index (χ0v) is 13.4. The number of anilines is 1. The maximum Gasteiger partial charge on any atom is 0.169 e. The van der Waals surface area contributed by atoms with E-state index in [1.54, 1.807) is 18.5 Å². The van der Waals surface area contributed by atoms with Gasteiger partial charge in [0.2, 0.25) is 0 Å². The molecule has 0 aliphatic rings. The van der Waals surface area contributed by atoms with Gasteiger partial charge in [0.15, 0.2) is 11.6 Å². The van der Waals surface area contributed by atoms with E-state index in [0.717, 1.165) is 6.42 Å². The van der Waals surface area contributed by atoms with Crippen LogP contribution in [0, 0.1) is 5.82 Å². The summed E-state index contributed by atoms with van der Waals surface area (Å²) in [5.74, 6) is 0.557. The molecule has 1 rings (SSSR count). The molecule has 4 nitrogen and oxygen atoms in total. The SMILES string of the molecule is CS(=O)CCCNc1nccc(CNC(C)(C)C)c1F. The first-order valence-electron chi connectivity index (χ1n) is 6.72. The molecule has 0 aliphatic heterocycles. The fourth-order valence-corrected chi connectivity index (χ4v) is 2.14. The largest absolute Gasteiger partial charge is 0.368 e. The van der Waals surface area contributed by atoms with E-state index in [2.05, 4.69) is 15.6 Å². The molecule has 6 heteroatoms. The standard InChI is InChI=1S/C14H24FN3OS/c1-14(2,3)18-10-11-6-8-17-13(12(11)15)16-7-5-9-20(4)19/h6,8,18H,5,7,9-10H2,1-4H3,(H,16,17). The zero-order valence-electron chi connectivity index (χ0n) is 12.6. The van der Waals surface area contributed by atoms with Gasteiger partial charge in [-0.2, -0.15) is 0 Å². The highest BCUT2D eigenvalue weighted by atomic mass is 32.2. The van der Waals surface area contributed by atoms with Crippen molar-refractivity contribution in [1.82, 2.24) is 10.3 Å². The summed E-state index contributed by atoms with van der Waals surface area (Å²) in [6.45, 7) is 7.15. The minimum atomic E-state index is -0.810. The van der Waals surface area contributed by atoms with Crippen molar-refractivity contribution in [3.05, 3.63) is 23.6 Å². The fourth-order valence-electron chi connectivity index (χ4n) is 1.59. The number of aromatic nitrogens is 1. The third-order valence-corrected chi connectivity index (χ3v) is 3.54. The second-order valence-corrected chi connectivity index (χ2v) is 7.35. The summed E-state index contributed by atoms with van der Waals surface area (Å²) in [6, 6.07) is 1.68. The lowest BCUT2D eigenvalue weighted by molar-refractivity contribution is 0.418. The first kappa shape index (κ1) is 17.0. The van der Waals surface area contributed by atoms with Crippen LogP contribution in [0.5, 0.6) is 0 Å². The highest BCUT2D eigenvalue weighted by Gasteiger charge is 2.13. The number of halogens is 1. The molecule has 0 fully saturated rings. The average Bonchev–Trinajstić information content (AvgIpc) is 2.33. The molecule has 0 saturated heterocycles. The molecule has 0 amide bonds. The highest BCUT2D eigenvalue weighted by Crippen LogP contribution is 2.15. The van der Waals surface area contributed by atoms with Gasteiger partial charge in [-0.15, -0.1) is 0 Å². The van der Waals surface area contributed by atoms with E-state index in [4.69, 9.17) is 0 Å². The van der Waals surface area contributed by atoms with Crippen molar-refractivity contribution in [2.45, 2.75) is 39.3 Å². The molecule has 1 aromatic rings. The average molecular weight is 301 g/mol. The first-order valence-corrected chi connectivity index (χ1v) is 8.44. The molecule has 1 heterocycles. The van der Waals surface area contributed by atoms with E-state index >= 15 is 0 Å². The van der Waals surface area contributed by atoms with Crippen LogP contribution >= 0.6 is 0 Å². The van der Waals surface area contributed by atoms with Crippen LogP contribution in [0.2, 0.25) is 0 Å². The predicted octanol–water partition coefficient (Wildman–Crippen LogP) is 2.29. The first-order chi connectivity index (χ1) is 9.29. The van der Waals surface area contributed by atoms with E-state index in [-0.39, 0.29) is 17.2 Å². The maximum absolute atomic E-state index is 14.2. The van der Waals surface area contributed by atoms with Crippen molar-refractivity contribution in [3.8, 4) is 0 Å².